The third kappa shape index (κ3) is 3.75. The number of hydrogen-bond donors (Lipinski definition) is 2. The van der Waals surface area contributed by atoms with E-state index in [0.29, 0.717) is 17.2 Å². The van der Waals surface area contributed by atoms with E-state index < -0.39 is 0 Å². The molecule has 2 aromatic rings. The van der Waals surface area contributed by atoms with E-state index in [1.807, 2.05) is 24.3 Å². The summed E-state index contributed by atoms with van der Waals surface area (Å²) in [4.78, 5) is 11.6. The van der Waals surface area contributed by atoms with Gasteiger partial charge in [0.2, 0.25) is 11.0 Å². The largest absolute Gasteiger partial charge is 0.399 e. The fourth-order valence-corrected chi connectivity index (χ4v) is 2.30. The lowest BCUT2D eigenvalue weighted by Crippen LogP contribution is -2.10. The Morgan fingerprint density at radius 2 is 2.05 bits per heavy atom. The minimum Gasteiger partial charge on any atom is -0.399 e. The minimum absolute atomic E-state index is 0.0122. The topological polar surface area (TPSA) is 80.9 Å². The average Bonchev–Trinajstić information content (AvgIpc) is 2.85. The number of nitrogens with two attached hydrogens (primary N) is 1. The van der Waals surface area contributed by atoms with E-state index in [1.165, 1.54) is 11.3 Å². The molecule has 0 atom stereocenters. The Kier molecular flexibility index (Phi) is 4.46. The Bertz CT molecular complexity index is 550. The highest BCUT2D eigenvalue weighted by molar-refractivity contribution is 7.18. The zero-order valence-corrected chi connectivity index (χ0v) is 11.5. The molecule has 1 aromatic carbocycles. The lowest BCUT2D eigenvalue weighted by Gasteiger charge is -1.98. The Hall–Kier alpha value is -1.95. The van der Waals surface area contributed by atoms with Gasteiger partial charge in [-0.3, -0.25) is 4.79 Å². The summed E-state index contributed by atoms with van der Waals surface area (Å²) in [6.07, 6.45) is 2.41. The molecular weight excluding hydrogens is 260 g/mol. The van der Waals surface area contributed by atoms with Gasteiger partial charge >= 0.3 is 0 Å². The number of nitrogens with zero attached hydrogens (tertiary/aromatic N) is 2. The molecule has 1 heterocycles. The first-order valence-corrected chi connectivity index (χ1v) is 7.00. The van der Waals surface area contributed by atoms with E-state index in [9.17, 15) is 4.79 Å². The second kappa shape index (κ2) is 6.29. The summed E-state index contributed by atoms with van der Waals surface area (Å²) < 4.78 is 0. The molecule has 2 rings (SSSR count). The summed E-state index contributed by atoms with van der Waals surface area (Å²) >= 11 is 1.36. The monoisotopic (exact) mass is 276 g/mol. The maximum Gasteiger partial charge on any atom is 0.226 e. The van der Waals surface area contributed by atoms with Gasteiger partial charge in [-0.2, -0.15) is 0 Å². The highest BCUT2D eigenvalue weighted by Gasteiger charge is 2.09. The number of benzene rings is 1. The number of carbonyl (C=O) groups excluding carboxylic acids is 1. The molecule has 0 aliphatic carbocycles. The molecule has 100 valence electrons. The molecule has 3 N–H and O–H groups in total. The maximum absolute atomic E-state index is 11.6. The molecule has 0 spiro atoms. The first-order chi connectivity index (χ1) is 9.19. The van der Waals surface area contributed by atoms with Gasteiger partial charge in [0.15, 0.2) is 0 Å². The molecule has 0 fully saturated rings. The fraction of sp³-hybridized carbons (Fsp3) is 0.308. The van der Waals surface area contributed by atoms with Crippen molar-refractivity contribution >= 4 is 28.1 Å². The Morgan fingerprint density at radius 3 is 2.74 bits per heavy atom. The zero-order valence-electron chi connectivity index (χ0n) is 10.7. The van der Waals surface area contributed by atoms with Crippen molar-refractivity contribution < 1.29 is 4.79 Å². The van der Waals surface area contributed by atoms with Gasteiger partial charge in [-0.25, -0.2) is 0 Å². The minimum atomic E-state index is -0.0122. The first-order valence-electron chi connectivity index (χ1n) is 6.18. The molecule has 1 aromatic heterocycles. The van der Waals surface area contributed by atoms with Crippen molar-refractivity contribution in [2.24, 2.45) is 0 Å². The second-order valence-electron chi connectivity index (χ2n) is 4.19. The SMILES string of the molecule is CCCCC(=O)Nc1nnc(-c2ccc(N)cc2)s1. The van der Waals surface area contributed by atoms with Crippen LogP contribution in [0.4, 0.5) is 10.8 Å². The van der Waals surface area contributed by atoms with Crippen LogP contribution < -0.4 is 11.1 Å². The van der Waals surface area contributed by atoms with Crippen LogP contribution in [0.1, 0.15) is 26.2 Å². The van der Waals surface area contributed by atoms with Crippen molar-refractivity contribution in [3.8, 4) is 10.6 Å². The smallest absolute Gasteiger partial charge is 0.226 e. The lowest BCUT2D eigenvalue weighted by molar-refractivity contribution is -0.116. The number of aromatic nitrogens is 2. The summed E-state index contributed by atoms with van der Waals surface area (Å²) in [7, 11) is 0. The molecule has 0 aliphatic heterocycles. The molecule has 0 bridgehead atoms. The molecule has 19 heavy (non-hydrogen) atoms. The molecule has 5 nitrogen and oxygen atoms in total. The summed E-state index contributed by atoms with van der Waals surface area (Å²) in [6, 6.07) is 7.41. The van der Waals surface area contributed by atoms with Crippen LogP contribution in [0.5, 0.6) is 0 Å². The number of nitrogens with one attached hydrogen (secondary N) is 1. The summed E-state index contributed by atoms with van der Waals surface area (Å²) in [6.45, 7) is 2.05. The van der Waals surface area contributed by atoms with E-state index in [4.69, 9.17) is 5.73 Å². The van der Waals surface area contributed by atoms with Gasteiger partial charge in [0.25, 0.3) is 0 Å². The number of rotatable bonds is 5. The number of anilines is 2. The van der Waals surface area contributed by atoms with Gasteiger partial charge in [0, 0.05) is 17.7 Å². The van der Waals surface area contributed by atoms with Crippen molar-refractivity contribution in [2.75, 3.05) is 11.1 Å². The Labute approximate surface area is 115 Å². The van der Waals surface area contributed by atoms with Gasteiger partial charge in [-0.1, -0.05) is 24.7 Å². The fourth-order valence-electron chi connectivity index (χ4n) is 1.54. The van der Waals surface area contributed by atoms with Crippen LogP contribution in [0, 0.1) is 0 Å². The Balaban J connectivity index is 2.02. The predicted octanol–water partition coefficient (Wildman–Crippen LogP) is 2.92. The van der Waals surface area contributed by atoms with Gasteiger partial charge < -0.3 is 11.1 Å². The molecular formula is C13H16N4OS. The van der Waals surface area contributed by atoms with E-state index in [-0.39, 0.29) is 5.91 Å². The second-order valence-corrected chi connectivity index (χ2v) is 5.16. The summed E-state index contributed by atoms with van der Waals surface area (Å²) in [5.74, 6) is -0.0122. The average molecular weight is 276 g/mol. The summed E-state index contributed by atoms with van der Waals surface area (Å²) in [5.41, 5.74) is 7.29. The Morgan fingerprint density at radius 1 is 1.32 bits per heavy atom. The third-order valence-corrected chi connectivity index (χ3v) is 3.47. The standard InChI is InChI=1S/C13H16N4OS/c1-2-3-4-11(18)15-13-17-16-12(19-13)9-5-7-10(14)8-6-9/h5-8H,2-4,14H2,1H3,(H,15,17,18). The van der Waals surface area contributed by atoms with Gasteiger partial charge in [0.1, 0.15) is 5.01 Å². The third-order valence-electron chi connectivity index (χ3n) is 2.59. The number of nitrogen functional groups attached to an aromatic ring is 1. The van der Waals surface area contributed by atoms with Crippen LogP contribution >= 0.6 is 11.3 Å². The summed E-state index contributed by atoms with van der Waals surface area (Å²) in [5, 5.41) is 12.1. The quantitative estimate of drug-likeness (QED) is 0.823. The highest BCUT2D eigenvalue weighted by atomic mass is 32.1. The number of amides is 1. The van der Waals surface area contributed by atoms with Crippen LogP contribution in [0.2, 0.25) is 0 Å². The number of hydrogen-bond acceptors (Lipinski definition) is 5. The zero-order chi connectivity index (χ0) is 13.7. The molecule has 0 unspecified atom stereocenters. The highest BCUT2D eigenvalue weighted by Crippen LogP contribution is 2.26. The normalized spacial score (nSPS) is 10.4. The number of unbranched alkanes of at least 4 members (excludes halogenated alkanes) is 1. The molecule has 6 heteroatoms. The molecule has 0 saturated heterocycles. The van der Waals surface area contributed by atoms with Crippen molar-refractivity contribution in [3.05, 3.63) is 24.3 Å². The van der Waals surface area contributed by atoms with Crippen LogP contribution in [0.15, 0.2) is 24.3 Å². The van der Waals surface area contributed by atoms with Crippen molar-refractivity contribution in [2.45, 2.75) is 26.2 Å². The van der Waals surface area contributed by atoms with Gasteiger partial charge in [-0.05, 0) is 30.7 Å². The number of carbonyl (C=O) groups is 1. The van der Waals surface area contributed by atoms with Crippen LogP contribution in [0.25, 0.3) is 10.6 Å². The van der Waals surface area contributed by atoms with E-state index >= 15 is 0 Å². The van der Waals surface area contributed by atoms with E-state index in [0.717, 1.165) is 23.4 Å². The maximum atomic E-state index is 11.6. The van der Waals surface area contributed by atoms with Crippen molar-refractivity contribution in [1.82, 2.24) is 10.2 Å². The predicted molar refractivity (Wildman–Crippen MR) is 77.9 cm³/mol. The van der Waals surface area contributed by atoms with E-state index in [1.54, 1.807) is 0 Å². The van der Waals surface area contributed by atoms with Crippen LogP contribution in [0.3, 0.4) is 0 Å². The lowest BCUT2D eigenvalue weighted by atomic mass is 10.2. The van der Waals surface area contributed by atoms with Crippen LogP contribution in [-0.2, 0) is 4.79 Å². The van der Waals surface area contributed by atoms with Crippen LogP contribution in [-0.4, -0.2) is 16.1 Å². The molecule has 1 amide bonds. The van der Waals surface area contributed by atoms with Gasteiger partial charge in [-0.15, -0.1) is 10.2 Å². The molecule has 0 radical (unpaired) electrons. The molecule has 0 saturated carbocycles. The van der Waals surface area contributed by atoms with Crippen molar-refractivity contribution in [1.29, 1.82) is 0 Å². The van der Waals surface area contributed by atoms with Crippen molar-refractivity contribution in [3.63, 3.8) is 0 Å². The molecule has 0 aliphatic rings. The first kappa shape index (κ1) is 13.5. The van der Waals surface area contributed by atoms with Gasteiger partial charge in [0.05, 0.1) is 0 Å². The van der Waals surface area contributed by atoms with E-state index in [2.05, 4.69) is 22.4 Å².